The number of nitrogens with zero attached hydrogens (tertiary/aromatic N) is 4. The van der Waals surface area contributed by atoms with E-state index in [1.807, 2.05) is 0 Å². The molecule has 0 saturated heterocycles. The Morgan fingerprint density at radius 3 is 2.71 bits per heavy atom. The summed E-state index contributed by atoms with van der Waals surface area (Å²) in [6.45, 7) is 2.00. The molecule has 2 aromatic heterocycles. The number of hydrogen-bond acceptors (Lipinski definition) is 6. The second-order valence-electron chi connectivity index (χ2n) is 4.23. The molecule has 21 heavy (non-hydrogen) atoms. The van der Waals surface area contributed by atoms with E-state index >= 15 is 0 Å². The summed E-state index contributed by atoms with van der Waals surface area (Å²) in [5, 5.41) is 4.63. The highest BCUT2D eigenvalue weighted by molar-refractivity contribution is 7.86. The highest BCUT2D eigenvalue weighted by atomic mass is 35.5. The van der Waals surface area contributed by atoms with Gasteiger partial charge in [0.15, 0.2) is 18.6 Å². The molecule has 0 saturated carbocycles. The molecule has 2 rings (SSSR count). The fourth-order valence-electron chi connectivity index (χ4n) is 1.53. The largest absolute Gasteiger partial charge is 0.273 e. The van der Waals surface area contributed by atoms with E-state index in [0.29, 0.717) is 16.5 Å². The standard InChI is InChI=1S/C12H14ClN4O3S/c1-9-11(13)8-14-12(16-9)10-3-4-17(15-7-10)5-6-21(18,19)20-2/h3-4,7-8H,5-6H2,1-2H3/q+1. The predicted octanol–water partition coefficient (Wildman–Crippen LogP) is 0.764. The van der Waals surface area contributed by atoms with E-state index < -0.39 is 10.1 Å². The molecular weight excluding hydrogens is 316 g/mol. The first-order valence-electron chi connectivity index (χ1n) is 6.05. The minimum Gasteiger partial charge on any atom is -0.273 e. The van der Waals surface area contributed by atoms with Crippen LogP contribution in [0, 0.1) is 6.92 Å². The van der Waals surface area contributed by atoms with Crippen LogP contribution >= 0.6 is 11.6 Å². The van der Waals surface area contributed by atoms with Gasteiger partial charge in [0.1, 0.15) is 11.9 Å². The number of hydrogen-bond donors (Lipinski definition) is 0. The highest BCUT2D eigenvalue weighted by Crippen LogP contribution is 2.16. The quantitative estimate of drug-likeness (QED) is 0.595. The lowest BCUT2D eigenvalue weighted by molar-refractivity contribution is -0.750. The Hall–Kier alpha value is -1.64. The summed E-state index contributed by atoms with van der Waals surface area (Å²) < 4.78 is 28.3. The van der Waals surface area contributed by atoms with Gasteiger partial charge in [0.25, 0.3) is 10.1 Å². The zero-order chi connectivity index (χ0) is 15.5. The molecule has 2 heterocycles. The Kier molecular flexibility index (Phi) is 4.81. The maximum atomic E-state index is 11.2. The van der Waals surface area contributed by atoms with Crippen LogP contribution in [0.15, 0.2) is 24.7 Å². The molecule has 112 valence electrons. The van der Waals surface area contributed by atoms with Crippen molar-refractivity contribution in [3.8, 4) is 11.4 Å². The van der Waals surface area contributed by atoms with Crippen LogP contribution < -0.4 is 4.68 Å². The molecule has 9 heteroatoms. The average Bonchev–Trinajstić information content (AvgIpc) is 2.49. The molecule has 0 spiro atoms. The predicted molar refractivity (Wildman–Crippen MR) is 76.0 cm³/mol. The van der Waals surface area contributed by atoms with Gasteiger partial charge < -0.3 is 0 Å². The summed E-state index contributed by atoms with van der Waals surface area (Å²) in [5.41, 5.74) is 1.41. The van der Waals surface area contributed by atoms with Crippen molar-refractivity contribution in [2.24, 2.45) is 0 Å². The Bertz CT molecular complexity index is 735. The Balaban J connectivity index is 2.13. The normalized spacial score (nSPS) is 11.6. The third-order valence-electron chi connectivity index (χ3n) is 2.77. The minimum absolute atomic E-state index is 0.142. The first-order valence-corrected chi connectivity index (χ1v) is 8.00. The molecule has 0 aliphatic heterocycles. The van der Waals surface area contributed by atoms with E-state index in [-0.39, 0.29) is 12.3 Å². The molecular formula is C12H14ClN4O3S+. The summed E-state index contributed by atoms with van der Waals surface area (Å²) in [5.74, 6) is 0.373. The van der Waals surface area contributed by atoms with Gasteiger partial charge in [-0.1, -0.05) is 16.3 Å². The Labute approximate surface area is 127 Å². The monoisotopic (exact) mass is 329 g/mol. The van der Waals surface area contributed by atoms with E-state index in [9.17, 15) is 8.42 Å². The smallest absolute Gasteiger partial charge is 0.273 e. The third kappa shape index (κ3) is 4.16. The maximum Gasteiger partial charge on any atom is 0.273 e. The van der Waals surface area contributed by atoms with E-state index in [2.05, 4.69) is 19.2 Å². The van der Waals surface area contributed by atoms with E-state index in [1.165, 1.54) is 10.9 Å². The molecule has 0 radical (unpaired) electrons. The molecule has 0 N–H and O–H groups in total. The zero-order valence-corrected chi connectivity index (χ0v) is 13.1. The fraction of sp³-hybridized carbons (Fsp3) is 0.333. The number of halogens is 1. The Morgan fingerprint density at radius 1 is 1.38 bits per heavy atom. The van der Waals surface area contributed by atoms with Crippen LogP contribution in [0.3, 0.4) is 0 Å². The van der Waals surface area contributed by atoms with E-state index in [0.717, 1.165) is 12.7 Å². The van der Waals surface area contributed by atoms with Crippen LogP contribution in [0.2, 0.25) is 5.02 Å². The third-order valence-corrected chi connectivity index (χ3v) is 4.33. The number of aromatic nitrogens is 4. The van der Waals surface area contributed by atoms with Gasteiger partial charge in [-0.2, -0.15) is 8.42 Å². The first-order chi connectivity index (χ1) is 9.91. The number of aryl methyl sites for hydroxylation is 2. The zero-order valence-electron chi connectivity index (χ0n) is 11.5. The van der Waals surface area contributed by atoms with Crippen molar-refractivity contribution in [2.45, 2.75) is 13.5 Å². The molecule has 0 fully saturated rings. The van der Waals surface area contributed by atoms with Crippen LogP contribution in [0.4, 0.5) is 0 Å². The summed E-state index contributed by atoms with van der Waals surface area (Å²) in [6.07, 6.45) is 4.77. The van der Waals surface area contributed by atoms with Crippen molar-refractivity contribution in [3.63, 3.8) is 0 Å². The van der Waals surface area contributed by atoms with E-state index in [1.54, 1.807) is 25.4 Å². The van der Waals surface area contributed by atoms with Crippen molar-refractivity contribution < 1.29 is 17.3 Å². The molecule has 2 aromatic rings. The molecule has 0 aromatic carbocycles. The summed E-state index contributed by atoms with van der Waals surface area (Å²) in [7, 11) is -2.35. The van der Waals surface area contributed by atoms with E-state index in [4.69, 9.17) is 11.6 Å². The van der Waals surface area contributed by atoms with Gasteiger partial charge in [-0.3, -0.25) is 4.18 Å². The van der Waals surface area contributed by atoms with Gasteiger partial charge in [0.2, 0.25) is 0 Å². The molecule has 0 atom stereocenters. The molecule has 7 nitrogen and oxygen atoms in total. The maximum absolute atomic E-state index is 11.2. The van der Waals surface area contributed by atoms with Crippen molar-refractivity contribution in [1.82, 2.24) is 15.1 Å². The number of rotatable bonds is 5. The summed E-state index contributed by atoms with van der Waals surface area (Å²) in [6, 6.07) is 1.76. The second kappa shape index (κ2) is 6.42. The van der Waals surface area contributed by atoms with Gasteiger partial charge >= 0.3 is 0 Å². The second-order valence-corrected chi connectivity index (χ2v) is 6.50. The molecule has 0 unspecified atom stereocenters. The minimum atomic E-state index is -3.49. The van der Waals surface area contributed by atoms with Gasteiger partial charge in [-0.15, -0.1) is 0 Å². The lowest BCUT2D eigenvalue weighted by Crippen LogP contribution is -2.40. The van der Waals surface area contributed by atoms with Crippen LogP contribution in [-0.4, -0.2) is 36.3 Å². The molecule has 0 aliphatic rings. The fourth-order valence-corrected chi connectivity index (χ4v) is 2.20. The van der Waals surface area contributed by atoms with Crippen molar-refractivity contribution in [3.05, 3.63) is 35.4 Å². The molecule has 0 amide bonds. The van der Waals surface area contributed by atoms with Gasteiger partial charge in [-0.25, -0.2) is 9.97 Å². The molecule has 0 bridgehead atoms. The van der Waals surface area contributed by atoms with Crippen LogP contribution in [-0.2, 0) is 20.8 Å². The van der Waals surface area contributed by atoms with Crippen LogP contribution in [0.25, 0.3) is 11.4 Å². The Morgan fingerprint density at radius 2 is 2.14 bits per heavy atom. The van der Waals surface area contributed by atoms with Crippen LogP contribution in [0.5, 0.6) is 0 Å². The van der Waals surface area contributed by atoms with Crippen LogP contribution in [0.1, 0.15) is 5.69 Å². The van der Waals surface area contributed by atoms with Crippen molar-refractivity contribution >= 4 is 21.7 Å². The van der Waals surface area contributed by atoms with Gasteiger partial charge in [0.05, 0.1) is 17.8 Å². The van der Waals surface area contributed by atoms with Gasteiger partial charge in [0, 0.05) is 17.8 Å². The molecule has 0 aliphatic carbocycles. The lowest BCUT2D eigenvalue weighted by atomic mass is 10.3. The van der Waals surface area contributed by atoms with Crippen molar-refractivity contribution in [2.75, 3.05) is 12.9 Å². The lowest BCUT2D eigenvalue weighted by Gasteiger charge is -2.01. The summed E-state index contributed by atoms with van der Waals surface area (Å²) >= 11 is 5.88. The SMILES string of the molecule is COS(=O)(=O)CC[n+]1ccc(-c2ncc(Cl)c(C)n2)cn1. The van der Waals surface area contributed by atoms with Gasteiger partial charge in [-0.05, 0) is 12.0 Å². The average molecular weight is 330 g/mol. The first kappa shape index (κ1) is 15.7. The van der Waals surface area contributed by atoms with Crippen molar-refractivity contribution in [1.29, 1.82) is 0 Å². The highest BCUT2D eigenvalue weighted by Gasteiger charge is 2.14. The topological polar surface area (TPSA) is 85.9 Å². The summed E-state index contributed by atoms with van der Waals surface area (Å²) in [4.78, 5) is 8.39.